The summed E-state index contributed by atoms with van der Waals surface area (Å²) in [6, 6.07) is 8.42. The molecule has 0 aliphatic carbocycles. The van der Waals surface area contributed by atoms with E-state index in [9.17, 15) is 0 Å². The zero-order valence-electron chi connectivity index (χ0n) is 16.8. The van der Waals surface area contributed by atoms with Gasteiger partial charge in [0.2, 0.25) is 0 Å². The number of para-hydroxylation sites is 1. The Balaban J connectivity index is 1.42. The Labute approximate surface area is 162 Å². The van der Waals surface area contributed by atoms with Crippen LogP contribution < -0.4 is 10.6 Å². The van der Waals surface area contributed by atoms with E-state index in [0.717, 1.165) is 51.7 Å². The number of fused-ring (bicyclic) bond motifs is 1. The van der Waals surface area contributed by atoms with Gasteiger partial charge in [0.25, 0.3) is 0 Å². The van der Waals surface area contributed by atoms with Crippen LogP contribution in [0.3, 0.4) is 0 Å². The van der Waals surface area contributed by atoms with Crippen molar-refractivity contribution >= 4 is 16.9 Å². The molecule has 1 aliphatic rings. The first-order valence-corrected chi connectivity index (χ1v) is 9.99. The lowest BCUT2D eigenvalue weighted by Crippen LogP contribution is -2.50. The van der Waals surface area contributed by atoms with Crippen molar-refractivity contribution in [2.45, 2.75) is 26.4 Å². The van der Waals surface area contributed by atoms with E-state index in [0.29, 0.717) is 5.92 Å². The Hall–Kier alpha value is -2.05. The second-order valence-corrected chi connectivity index (χ2v) is 7.64. The maximum Gasteiger partial charge on any atom is 0.191 e. The number of nitrogens with zero attached hydrogens (tertiary/aromatic N) is 2. The van der Waals surface area contributed by atoms with Gasteiger partial charge < -0.3 is 20.4 Å². The molecule has 2 aromatic rings. The van der Waals surface area contributed by atoms with Crippen molar-refractivity contribution in [1.29, 1.82) is 0 Å². The number of morpholine rings is 1. The molecule has 3 rings (SSSR count). The highest BCUT2D eigenvalue weighted by Gasteiger charge is 2.21. The Morgan fingerprint density at radius 1 is 1.33 bits per heavy atom. The van der Waals surface area contributed by atoms with E-state index in [4.69, 9.17) is 4.74 Å². The molecule has 1 aromatic carbocycles. The standard InChI is InChI=1S/C21H33N5O/c1-16(2)14-26-10-11-27-18(15-26)13-25-21(22-3)23-9-8-17-12-24-20-7-5-4-6-19(17)20/h4-7,12,16,18,24H,8-11,13-15H2,1-3H3,(H2,22,23,25). The molecule has 2 heterocycles. The highest BCUT2D eigenvalue weighted by molar-refractivity contribution is 5.83. The van der Waals surface area contributed by atoms with E-state index in [1.165, 1.54) is 16.5 Å². The first-order valence-electron chi connectivity index (χ1n) is 9.99. The van der Waals surface area contributed by atoms with E-state index in [-0.39, 0.29) is 6.10 Å². The number of nitrogens with one attached hydrogen (secondary N) is 3. The fraction of sp³-hybridized carbons (Fsp3) is 0.571. The van der Waals surface area contributed by atoms with Crippen molar-refractivity contribution in [3.8, 4) is 0 Å². The van der Waals surface area contributed by atoms with Gasteiger partial charge in [-0.3, -0.25) is 9.89 Å². The topological polar surface area (TPSA) is 64.7 Å². The van der Waals surface area contributed by atoms with Crippen molar-refractivity contribution in [1.82, 2.24) is 20.5 Å². The van der Waals surface area contributed by atoms with Crippen LogP contribution in [0.4, 0.5) is 0 Å². The van der Waals surface area contributed by atoms with Gasteiger partial charge in [-0.2, -0.15) is 0 Å². The molecule has 6 heteroatoms. The van der Waals surface area contributed by atoms with Gasteiger partial charge in [0, 0.05) is 56.9 Å². The lowest BCUT2D eigenvalue weighted by atomic mass is 10.1. The number of H-pyrrole nitrogens is 1. The van der Waals surface area contributed by atoms with E-state index in [1.807, 2.05) is 7.05 Å². The minimum Gasteiger partial charge on any atom is -0.374 e. The third-order valence-electron chi connectivity index (χ3n) is 4.93. The zero-order chi connectivity index (χ0) is 19.1. The monoisotopic (exact) mass is 371 g/mol. The zero-order valence-corrected chi connectivity index (χ0v) is 16.8. The van der Waals surface area contributed by atoms with Gasteiger partial charge in [0.1, 0.15) is 0 Å². The maximum atomic E-state index is 5.91. The second-order valence-electron chi connectivity index (χ2n) is 7.64. The van der Waals surface area contributed by atoms with Crippen molar-refractivity contribution in [3.05, 3.63) is 36.0 Å². The van der Waals surface area contributed by atoms with Crippen LogP contribution in [0.1, 0.15) is 19.4 Å². The van der Waals surface area contributed by atoms with Crippen molar-refractivity contribution in [2.75, 3.05) is 46.4 Å². The number of ether oxygens (including phenoxy) is 1. The van der Waals surface area contributed by atoms with Crippen molar-refractivity contribution < 1.29 is 4.74 Å². The van der Waals surface area contributed by atoms with Gasteiger partial charge in [-0.15, -0.1) is 0 Å². The minimum atomic E-state index is 0.213. The van der Waals surface area contributed by atoms with Crippen LogP contribution in [0.5, 0.6) is 0 Å². The summed E-state index contributed by atoms with van der Waals surface area (Å²) in [6.45, 7) is 10.1. The summed E-state index contributed by atoms with van der Waals surface area (Å²) >= 11 is 0. The Kier molecular flexibility index (Phi) is 7.12. The van der Waals surface area contributed by atoms with Crippen molar-refractivity contribution in [3.63, 3.8) is 0 Å². The number of aliphatic imine (C=N–C) groups is 1. The predicted molar refractivity (Wildman–Crippen MR) is 112 cm³/mol. The van der Waals surface area contributed by atoms with Gasteiger partial charge >= 0.3 is 0 Å². The highest BCUT2D eigenvalue weighted by atomic mass is 16.5. The number of benzene rings is 1. The number of hydrogen-bond donors (Lipinski definition) is 3. The highest BCUT2D eigenvalue weighted by Crippen LogP contribution is 2.17. The first kappa shape index (κ1) is 19.7. The molecular formula is C21H33N5O. The summed E-state index contributed by atoms with van der Waals surface area (Å²) in [7, 11) is 1.81. The van der Waals surface area contributed by atoms with Crippen LogP contribution in [-0.2, 0) is 11.2 Å². The third kappa shape index (κ3) is 5.71. The quantitative estimate of drug-likeness (QED) is 0.516. The number of hydrogen-bond acceptors (Lipinski definition) is 3. The molecule has 1 aliphatic heterocycles. The SMILES string of the molecule is CN=C(NCCc1c[nH]c2ccccc12)NCC1CN(CC(C)C)CCO1. The first-order chi connectivity index (χ1) is 13.2. The van der Waals surface area contributed by atoms with Crippen LogP contribution in [0.25, 0.3) is 10.9 Å². The van der Waals surface area contributed by atoms with Crippen LogP contribution in [-0.4, -0.2) is 68.3 Å². The van der Waals surface area contributed by atoms with E-state index < -0.39 is 0 Å². The molecule has 3 N–H and O–H groups in total. The van der Waals surface area contributed by atoms with Crippen LogP contribution >= 0.6 is 0 Å². The molecule has 6 nitrogen and oxygen atoms in total. The van der Waals surface area contributed by atoms with E-state index >= 15 is 0 Å². The van der Waals surface area contributed by atoms with Gasteiger partial charge in [0.05, 0.1) is 12.7 Å². The molecule has 0 amide bonds. The van der Waals surface area contributed by atoms with Crippen LogP contribution in [0.15, 0.2) is 35.5 Å². The summed E-state index contributed by atoms with van der Waals surface area (Å²) in [5.74, 6) is 1.52. The normalized spacial score (nSPS) is 19.0. The van der Waals surface area contributed by atoms with Crippen molar-refractivity contribution in [2.24, 2.45) is 10.9 Å². The molecule has 0 saturated carbocycles. The molecule has 0 radical (unpaired) electrons. The molecule has 1 atom stereocenters. The molecule has 1 aromatic heterocycles. The molecular weight excluding hydrogens is 338 g/mol. The summed E-state index contributed by atoms with van der Waals surface area (Å²) < 4.78 is 5.91. The fourth-order valence-electron chi connectivity index (χ4n) is 3.67. The molecule has 0 bridgehead atoms. The molecule has 0 spiro atoms. The van der Waals surface area contributed by atoms with Crippen LogP contribution in [0.2, 0.25) is 0 Å². The summed E-state index contributed by atoms with van der Waals surface area (Å²) in [4.78, 5) is 10.2. The van der Waals surface area contributed by atoms with E-state index in [1.54, 1.807) is 0 Å². The van der Waals surface area contributed by atoms with Gasteiger partial charge in [-0.25, -0.2) is 0 Å². The third-order valence-corrected chi connectivity index (χ3v) is 4.93. The molecule has 1 fully saturated rings. The lowest BCUT2D eigenvalue weighted by molar-refractivity contribution is -0.0284. The number of guanidine groups is 1. The Morgan fingerprint density at radius 3 is 3.00 bits per heavy atom. The maximum absolute atomic E-state index is 5.91. The number of aromatic nitrogens is 1. The number of aromatic amines is 1. The summed E-state index contributed by atoms with van der Waals surface area (Å²) in [5.41, 5.74) is 2.52. The fourth-order valence-corrected chi connectivity index (χ4v) is 3.67. The Bertz CT molecular complexity index is 739. The van der Waals surface area contributed by atoms with Crippen LogP contribution in [0, 0.1) is 5.92 Å². The van der Waals surface area contributed by atoms with Gasteiger partial charge in [-0.1, -0.05) is 32.0 Å². The second kappa shape index (κ2) is 9.76. The molecule has 27 heavy (non-hydrogen) atoms. The van der Waals surface area contributed by atoms with E-state index in [2.05, 4.69) is 69.8 Å². The minimum absolute atomic E-state index is 0.213. The summed E-state index contributed by atoms with van der Waals surface area (Å²) in [6.07, 6.45) is 3.26. The summed E-state index contributed by atoms with van der Waals surface area (Å²) in [5, 5.41) is 8.12. The average molecular weight is 372 g/mol. The molecule has 1 unspecified atom stereocenters. The Morgan fingerprint density at radius 2 is 2.19 bits per heavy atom. The van der Waals surface area contributed by atoms with Gasteiger partial charge in [0.15, 0.2) is 5.96 Å². The molecule has 1 saturated heterocycles. The number of rotatable bonds is 7. The lowest BCUT2D eigenvalue weighted by Gasteiger charge is -2.34. The smallest absolute Gasteiger partial charge is 0.191 e. The predicted octanol–water partition coefficient (Wildman–Crippen LogP) is 2.23. The largest absolute Gasteiger partial charge is 0.374 e. The molecule has 148 valence electrons. The average Bonchev–Trinajstić information content (AvgIpc) is 3.07. The van der Waals surface area contributed by atoms with Gasteiger partial charge in [-0.05, 0) is 24.0 Å².